The number of carbonyl (C=O) groups is 2. The van der Waals surface area contributed by atoms with Gasteiger partial charge >= 0.3 is 5.97 Å². The molecule has 0 fully saturated rings. The number of aryl methyl sites for hydroxylation is 2. The van der Waals surface area contributed by atoms with E-state index in [1.54, 1.807) is 18.2 Å². The number of carbonyl (C=O) groups excluding carboxylic acids is 2. The molecule has 3 aromatic carbocycles. The monoisotopic (exact) mass is 490 g/mol. The van der Waals surface area contributed by atoms with Crippen molar-refractivity contribution in [3.8, 4) is 0 Å². The standard InChI is InChI=1S/C23H20ClFN2O5S/c1-14-7-10-21(18(24)11-14)26-22(28)13-32-23(29)17-5-3-4-6-20(17)27-33(30,31)16-8-9-19(25)15(2)12-16/h3-12,27H,13H2,1-2H3,(H,26,28). The summed E-state index contributed by atoms with van der Waals surface area (Å²) in [5.74, 6) is -2.06. The molecule has 0 aliphatic heterocycles. The second-order valence-corrected chi connectivity index (χ2v) is 9.26. The van der Waals surface area contributed by atoms with Gasteiger partial charge in [-0.3, -0.25) is 9.52 Å². The minimum absolute atomic E-state index is 0.0496. The molecule has 0 bridgehead atoms. The van der Waals surface area contributed by atoms with E-state index in [-0.39, 0.29) is 21.7 Å². The molecule has 172 valence electrons. The maximum Gasteiger partial charge on any atom is 0.340 e. The first-order valence-electron chi connectivity index (χ1n) is 9.68. The van der Waals surface area contributed by atoms with Crippen LogP contribution in [0.2, 0.25) is 5.02 Å². The molecule has 33 heavy (non-hydrogen) atoms. The lowest BCUT2D eigenvalue weighted by atomic mass is 10.2. The van der Waals surface area contributed by atoms with Gasteiger partial charge < -0.3 is 10.1 Å². The number of hydrogen-bond donors (Lipinski definition) is 2. The lowest BCUT2D eigenvalue weighted by Crippen LogP contribution is -2.22. The zero-order chi connectivity index (χ0) is 24.2. The van der Waals surface area contributed by atoms with Crippen molar-refractivity contribution in [2.45, 2.75) is 18.7 Å². The molecule has 0 unspecified atom stereocenters. The fraction of sp³-hybridized carbons (Fsp3) is 0.130. The van der Waals surface area contributed by atoms with Gasteiger partial charge in [-0.15, -0.1) is 0 Å². The SMILES string of the molecule is Cc1ccc(NC(=O)COC(=O)c2ccccc2NS(=O)(=O)c2ccc(F)c(C)c2)c(Cl)c1. The number of sulfonamides is 1. The highest BCUT2D eigenvalue weighted by molar-refractivity contribution is 7.92. The zero-order valence-electron chi connectivity index (χ0n) is 17.7. The summed E-state index contributed by atoms with van der Waals surface area (Å²) in [5, 5.41) is 2.88. The molecule has 0 heterocycles. The molecule has 0 aromatic heterocycles. The third-order valence-corrected chi connectivity index (χ3v) is 6.24. The van der Waals surface area contributed by atoms with Crippen molar-refractivity contribution in [1.82, 2.24) is 0 Å². The second kappa shape index (κ2) is 10.0. The first-order valence-corrected chi connectivity index (χ1v) is 11.5. The fourth-order valence-corrected chi connectivity index (χ4v) is 4.30. The Balaban J connectivity index is 1.70. The van der Waals surface area contributed by atoms with Crippen molar-refractivity contribution in [3.63, 3.8) is 0 Å². The molecule has 0 aliphatic carbocycles. The molecule has 0 saturated carbocycles. The van der Waals surface area contributed by atoms with Crippen LogP contribution < -0.4 is 10.0 Å². The maximum absolute atomic E-state index is 13.5. The number of nitrogens with one attached hydrogen (secondary N) is 2. The summed E-state index contributed by atoms with van der Waals surface area (Å²) >= 11 is 6.07. The van der Waals surface area contributed by atoms with Gasteiger partial charge in [0.1, 0.15) is 5.82 Å². The number of benzene rings is 3. The Labute approximate surface area is 195 Å². The Morgan fingerprint density at radius 2 is 1.73 bits per heavy atom. The van der Waals surface area contributed by atoms with Gasteiger partial charge in [0.05, 0.1) is 26.9 Å². The third kappa shape index (κ3) is 6.09. The molecule has 3 rings (SSSR count). The van der Waals surface area contributed by atoms with Gasteiger partial charge in [-0.2, -0.15) is 0 Å². The summed E-state index contributed by atoms with van der Waals surface area (Å²) < 4.78 is 46.2. The topological polar surface area (TPSA) is 102 Å². The molecule has 0 atom stereocenters. The van der Waals surface area contributed by atoms with Crippen LogP contribution in [0.1, 0.15) is 21.5 Å². The third-order valence-electron chi connectivity index (χ3n) is 4.56. The van der Waals surface area contributed by atoms with Crippen molar-refractivity contribution in [2.24, 2.45) is 0 Å². The van der Waals surface area contributed by atoms with E-state index >= 15 is 0 Å². The summed E-state index contributed by atoms with van der Waals surface area (Å²) in [6.07, 6.45) is 0. The van der Waals surface area contributed by atoms with E-state index in [4.69, 9.17) is 16.3 Å². The average Bonchev–Trinajstić information content (AvgIpc) is 2.76. The van der Waals surface area contributed by atoms with Crippen LogP contribution >= 0.6 is 11.6 Å². The predicted molar refractivity (Wildman–Crippen MR) is 123 cm³/mol. The first kappa shape index (κ1) is 24.2. The van der Waals surface area contributed by atoms with Crippen LogP contribution in [0.5, 0.6) is 0 Å². The number of ether oxygens (including phenoxy) is 1. The zero-order valence-corrected chi connectivity index (χ0v) is 19.3. The van der Waals surface area contributed by atoms with Crippen LogP contribution in [-0.4, -0.2) is 26.9 Å². The van der Waals surface area contributed by atoms with Crippen LogP contribution in [-0.2, 0) is 19.6 Å². The number of amides is 1. The van der Waals surface area contributed by atoms with E-state index < -0.39 is 34.3 Å². The van der Waals surface area contributed by atoms with Crippen LogP contribution in [0, 0.1) is 19.7 Å². The molecule has 2 N–H and O–H groups in total. The molecule has 0 saturated heterocycles. The van der Waals surface area contributed by atoms with Gasteiger partial charge in [0.15, 0.2) is 6.61 Å². The summed E-state index contributed by atoms with van der Waals surface area (Å²) in [4.78, 5) is 24.5. The molecule has 7 nitrogen and oxygen atoms in total. The van der Waals surface area contributed by atoms with Crippen molar-refractivity contribution in [3.05, 3.63) is 88.2 Å². The number of para-hydroxylation sites is 1. The second-order valence-electron chi connectivity index (χ2n) is 7.17. The Hall–Kier alpha value is -3.43. The van der Waals surface area contributed by atoms with Crippen LogP contribution in [0.15, 0.2) is 65.6 Å². The summed E-state index contributed by atoms with van der Waals surface area (Å²) in [5.41, 5.74) is 1.29. The first-order chi connectivity index (χ1) is 15.6. The summed E-state index contributed by atoms with van der Waals surface area (Å²) in [7, 11) is -4.11. The maximum atomic E-state index is 13.5. The van der Waals surface area contributed by atoms with E-state index in [9.17, 15) is 22.4 Å². The van der Waals surface area contributed by atoms with Crippen molar-refractivity contribution >= 4 is 44.9 Å². The molecule has 0 spiro atoms. The highest BCUT2D eigenvalue weighted by Crippen LogP contribution is 2.24. The van der Waals surface area contributed by atoms with Gasteiger partial charge in [0, 0.05) is 0 Å². The van der Waals surface area contributed by atoms with E-state index in [2.05, 4.69) is 10.0 Å². The highest BCUT2D eigenvalue weighted by Gasteiger charge is 2.21. The Bertz CT molecular complexity index is 1330. The molecule has 0 radical (unpaired) electrons. The Morgan fingerprint density at radius 1 is 1.00 bits per heavy atom. The minimum atomic E-state index is -4.11. The van der Waals surface area contributed by atoms with E-state index in [0.29, 0.717) is 10.7 Å². The predicted octanol–water partition coefficient (Wildman–Crippen LogP) is 4.69. The summed E-state index contributed by atoms with van der Waals surface area (Å²) in [6, 6.07) is 14.2. The Morgan fingerprint density at radius 3 is 2.42 bits per heavy atom. The van der Waals surface area contributed by atoms with Gasteiger partial charge in [0.25, 0.3) is 15.9 Å². The quantitative estimate of drug-likeness (QED) is 0.468. The Kier molecular flexibility index (Phi) is 7.35. The number of halogens is 2. The molecule has 0 aliphatic rings. The van der Waals surface area contributed by atoms with Gasteiger partial charge in [0.2, 0.25) is 0 Å². The van der Waals surface area contributed by atoms with Gasteiger partial charge in [-0.1, -0.05) is 29.8 Å². The normalized spacial score (nSPS) is 11.0. The molecule has 3 aromatic rings. The van der Waals surface area contributed by atoms with E-state index in [1.807, 2.05) is 6.92 Å². The minimum Gasteiger partial charge on any atom is -0.452 e. The lowest BCUT2D eigenvalue weighted by Gasteiger charge is -2.13. The van der Waals surface area contributed by atoms with Crippen LogP contribution in [0.3, 0.4) is 0 Å². The van der Waals surface area contributed by atoms with E-state index in [1.165, 1.54) is 37.3 Å². The number of esters is 1. The van der Waals surface area contributed by atoms with E-state index in [0.717, 1.165) is 17.7 Å². The number of rotatable bonds is 7. The lowest BCUT2D eigenvalue weighted by molar-refractivity contribution is -0.119. The smallest absolute Gasteiger partial charge is 0.340 e. The molecular formula is C23H20ClFN2O5S. The average molecular weight is 491 g/mol. The molecule has 10 heteroatoms. The van der Waals surface area contributed by atoms with Crippen molar-refractivity contribution < 1.29 is 27.1 Å². The largest absolute Gasteiger partial charge is 0.452 e. The summed E-state index contributed by atoms with van der Waals surface area (Å²) in [6.45, 7) is 2.68. The fourth-order valence-electron chi connectivity index (χ4n) is 2.85. The van der Waals surface area contributed by atoms with Crippen molar-refractivity contribution in [2.75, 3.05) is 16.6 Å². The van der Waals surface area contributed by atoms with Crippen molar-refractivity contribution in [1.29, 1.82) is 0 Å². The van der Waals surface area contributed by atoms with Crippen LogP contribution in [0.25, 0.3) is 0 Å². The molecule has 1 amide bonds. The number of anilines is 2. The number of hydrogen-bond acceptors (Lipinski definition) is 5. The van der Waals surface area contributed by atoms with Gasteiger partial charge in [-0.25, -0.2) is 17.6 Å². The van der Waals surface area contributed by atoms with Crippen LogP contribution in [0.4, 0.5) is 15.8 Å². The highest BCUT2D eigenvalue weighted by atomic mass is 35.5. The molecular weight excluding hydrogens is 471 g/mol. The van der Waals surface area contributed by atoms with Gasteiger partial charge in [-0.05, 0) is 67.4 Å².